The number of benzene rings is 2. The van der Waals surface area contributed by atoms with Crippen molar-refractivity contribution in [2.45, 2.75) is 46.5 Å². The summed E-state index contributed by atoms with van der Waals surface area (Å²) in [6.07, 6.45) is 2.03. The van der Waals surface area contributed by atoms with E-state index < -0.39 is 0 Å². The molecule has 0 bridgehead atoms. The van der Waals surface area contributed by atoms with Gasteiger partial charge in [0, 0.05) is 49.0 Å². The van der Waals surface area contributed by atoms with Crippen molar-refractivity contribution in [3.05, 3.63) is 24.3 Å². The molecule has 0 spiro atoms. The molecule has 0 N–H and O–H groups in total. The van der Waals surface area contributed by atoms with Crippen LogP contribution in [0.15, 0.2) is 24.3 Å². The molecule has 6 heteroatoms. The van der Waals surface area contributed by atoms with Crippen molar-refractivity contribution in [1.29, 1.82) is 0 Å². The molecule has 0 aromatic heterocycles. The zero-order valence-corrected chi connectivity index (χ0v) is 17.3. The van der Waals surface area contributed by atoms with Crippen LogP contribution in [0.25, 0.3) is 10.8 Å². The Hall–Kier alpha value is -2.76. The normalized spacial score (nSPS) is 10.6. The molecular weight excluding hydrogens is 358 g/mol. The summed E-state index contributed by atoms with van der Waals surface area (Å²) in [4.78, 5) is 26.3. The van der Waals surface area contributed by atoms with Crippen molar-refractivity contribution in [3.63, 3.8) is 0 Å². The summed E-state index contributed by atoms with van der Waals surface area (Å²) in [5.74, 6) is 0.458. The second kappa shape index (κ2) is 9.97. The fraction of sp³-hybridized carbons (Fsp3) is 0.455. The van der Waals surface area contributed by atoms with Gasteiger partial charge in [-0.3, -0.25) is 9.59 Å². The number of carbonyl (C=O) groups is 2. The van der Waals surface area contributed by atoms with Crippen LogP contribution in [0.1, 0.15) is 46.5 Å². The maximum atomic E-state index is 12.1. The summed E-state index contributed by atoms with van der Waals surface area (Å²) >= 11 is 0. The van der Waals surface area contributed by atoms with Crippen LogP contribution in [0.5, 0.6) is 17.2 Å². The lowest BCUT2D eigenvalue weighted by atomic mass is 10.1. The molecule has 0 atom stereocenters. The second-order valence-corrected chi connectivity index (χ2v) is 6.60. The number of fused-ring (bicyclic) bond motifs is 1. The van der Waals surface area contributed by atoms with E-state index in [2.05, 4.69) is 11.8 Å². The third-order valence-corrected chi connectivity index (χ3v) is 4.48. The lowest BCUT2D eigenvalue weighted by Gasteiger charge is -2.20. The molecule has 0 aliphatic rings. The van der Waals surface area contributed by atoms with Gasteiger partial charge in [-0.25, -0.2) is 0 Å². The number of anilines is 1. The molecule has 0 radical (unpaired) electrons. The van der Waals surface area contributed by atoms with E-state index in [0.717, 1.165) is 12.2 Å². The second-order valence-electron chi connectivity index (χ2n) is 6.60. The number of nitrogens with zero attached hydrogens (tertiary/aromatic N) is 1. The lowest BCUT2D eigenvalue weighted by molar-refractivity contribution is -0.135. The molecule has 2 aromatic rings. The number of carbonyl (C=O) groups excluding carboxylic acids is 2. The first-order valence-corrected chi connectivity index (χ1v) is 9.72. The van der Waals surface area contributed by atoms with Gasteiger partial charge >= 0.3 is 11.9 Å². The summed E-state index contributed by atoms with van der Waals surface area (Å²) in [5.41, 5.74) is 0.971. The molecule has 0 aliphatic carbocycles. The van der Waals surface area contributed by atoms with E-state index in [1.807, 2.05) is 39.1 Å². The minimum Gasteiger partial charge on any atom is -0.493 e. The molecule has 0 saturated carbocycles. The van der Waals surface area contributed by atoms with Crippen LogP contribution in [-0.4, -0.2) is 32.6 Å². The molecular formula is C22H29NO5. The molecule has 0 aliphatic heterocycles. The Balaban J connectivity index is 2.65. The highest BCUT2D eigenvalue weighted by atomic mass is 16.6. The number of rotatable bonds is 9. The summed E-state index contributed by atoms with van der Waals surface area (Å²) in [5, 5.41) is 1.36. The number of methoxy groups -OCH3 is 1. The number of hydrogen-bond donors (Lipinski definition) is 0. The zero-order valence-electron chi connectivity index (χ0n) is 17.3. The Morgan fingerprint density at radius 3 is 2.11 bits per heavy atom. The van der Waals surface area contributed by atoms with Gasteiger partial charge in [0.15, 0.2) is 11.5 Å². The molecule has 0 unspecified atom stereocenters. The third kappa shape index (κ3) is 4.94. The van der Waals surface area contributed by atoms with Crippen molar-refractivity contribution in [2.75, 3.05) is 25.6 Å². The van der Waals surface area contributed by atoms with E-state index >= 15 is 0 Å². The molecule has 2 rings (SSSR count). The number of ether oxygens (including phenoxy) is 3. The van der Waals surface area contributed by atoms with Gasteiger partial charge in [0.25, 0.3) is 0 Å². The van der Waals surface area contributed by atoms with E-state index in [0.29, 0.717) is 53.7 Å². The maximum absolute atomic E-state index is 12.1. The molecule has 2 aromatic carbocycles. The van der Waals surface area contributed by atoms with Gasteiger partial charge in [0.2, 0.25) is 0 Å². The van der Waals surface area contributed by atoms with Gasteiger partial charge in [-0.05, 0) is 38.0 Å². The Kier molecular flexibility index (Phi) is 7.67. The van der Waals surface area contributed by atoms with Crippen molar-refractivity contribution in [2.24, 2.45) is 0 Å². The average Bonchev–Trinajstić information content (AvgIpc) is 2.68. The van der Waals surface area contributed by atoms with Crippen molar-refractivity contribution < 1.29 is 23.8 Å². The lowest BCUT2D eigenvalue weighted by Crippen LogP contribution is -2.15. The molecule has 0 saturated heterocycles. The van der Waals surface area contributed by atoms with Gasteiger partial charge in [0.1, 0.15) is 5.75 Å². The molecule has 0 heterocycles. The SMILES string of the molecule is CCCC(=O)Oc1cc(OC)c(OC(=O)CCC)c2ccc(N(C)CC)cc12. The van der Waals surface area contributed by atoms with E-state index in [1.54, 1.807) is 6.07 Å². The Morgan fingerprint density at radius 1 is 0.893 bits per heavy atom. The molecule has 0 fully saturated rings. The fourth-order valence-corrected chi connectivity index (χ4v) is 2.84. The number of hydrogen-bond acceptors (Lipinski definition) is 6. The summed E-state index contributed by atoms with van der Waals surface area (Å²) in [7, 11) is 3.48. The van der Waals surface area contributed by atoms with Gasteiger partial charge in [-0.1, -0.05) is 13.8 Å². The summed E-state index contributed by atoms with van der Waals surface area (Å²) in [6, 6.07) is 7.36. The fourth-order valence-electron chi connectivity index (χ4n) is 2.84. The average molecular weight is 387 g/mol. The molecule has 0 amide bonds. The maximum Gasteiger partial charge on any atom is 0.311 e. The van der Waals surface area contributed by atoms with Crippen LogP contribution in [0.4, 0.5) is 5.69 Å². The molecule has 152 valence electrons. The third-order valence-electron chi connectivity index (χ3n) is 4.48. The van der Waals surface area contributed by atoms with Gasteiger partial charge < -0.3 is 19.1 Å². The van der Waals surface area contributed by atoms with Crippen molar-refractivity contribution in [1.82, 2.24) is 0 Å². The highest BCUT2D eigenvalue weighted by Crippen LogP contribution is 2.43. The monoisotopic (exact) mass is 387 g/mol. The van der Waals surface area contributed by atoms with Crippen molar-refractivity contribution in [3.8, 4) is 17.2 Å². The first-order valence-electron chi connectivity index (χ1n) is 9.72. The Labute approximate surface area is 166 Å². The summed E-state index contributed by atoms with van der Waals surface area (Å²) in [6.45, 7) is 6.72. The predicted octanol–water partition coefficient (Wildman–Crippen LogP) is 4.72. The quantitative estimate of drug-likeness (QED) is 0.458. The predicted molar refractivity (Wildman–Crippen MR) is 111 cm³/mol. The van der Waals surface area contributed by atoms with Crippen LogP contribution < -0.4 is 19.1 Å². The van der Waals surface area contributed by atoms with E-state index in [9.17, 15) is 9.59 Å². The Morgan fingerprint density at radius 2 is 1.54 bits per heavy atom. The zero-order chi connectivity index (χ0) is 20.7. The highest BCUT2D eigenvalue weighted by Gasteiger charge is 2.20. The molecule has 6 nitrogen and oxygen atoms in total. The minimum atomic E-state index is -0.326. The Bertz CT molecular complexity index is 846. The van der Waals surface area contributed by atoms with Gasteiger partial charge in [0.05, 0.1) is 7.11 Å². The van der Waals surface area contributed by atoms with Crippen molar-refractivity contribution >= 4 is 28.4 Å². The van der Waals surface area contributed by atoms with Crippen LogP contribution >= 0.6 is 0 Å². The molecule has 28 heavy (non-hydrogen) atoms. The van der Waals surface area contributed by atoms with Gasteiger partial charge in [-0.15, -0.1) is 0 Å². The summed E-state index contributed by atoms with van der Waals surface area (Å²) < 4.78 is 16.6. The van der Waals surface area contributed by atoms with Crippen LogP contribution in [0, 0.1) is 0 Å². The van der Waals surface area contributed by atoms with Crippen LogP contribution in [0.3, 0.4) is 0 Å². The first kappa shape index (κ1) is 21.5. The van der Waals surface area contributed by atoms with E-state index in [4.69, 9.17) is 14.2 Å². The smallest absolute Gasteiger partial charge is 0.311 e. The largest absolute Gasteiger partial charge is 0.493 e. The number of esters is 2. The topological polar surface area (TPSA) is 65.1 Å². The van der Waals surface area contributed by atoms with E-state index in [1.165, 1.54) is 7.11 Å². The van der Waals surface area contributed by atoms with Crippen LogP contribution in [0.2, 0.25) is 0 Å². The van der Waals surface area contributed by atoms with Gasteiger partial charge in [-0.2, -0.15) is 0 Å². The first-order chi connectivity index (χ1) is 13.4. The minimum absolute atomic E-state index is 0.309. The highest BCUT2D eigenvalue weighted by molar-refractivity contribution is 6.00. The van der Waals surface area contributed by atoms with Crippen LogP contribution in [-0.2, 0) is 9.59 Å². The standard InChI is InChI=1S/C22H29NO5/c1-6-9-20(24)27-18-14-19(26-5)22(28-21(25)10-7-2)16-12-11-15(13-17(16)18)23(4)8-3/h11-14H,6-10H2,1-5H3. The van der Waals surface area contributed by atoms with E-state index in [-0.39, 0.29) is 11.9 Å².